The van der Waals surface area contributed by atoms with Crippen LogP contribution in [-0.2, 0) is 11.2 Å². The first-order valence-electron chi connectivity index (χ1n) is 11.5. The smallest absolute Gasteiger partial charge is 0.251 e. The summed E-state index contributed by atoms with van der Waals surface area (Å²) in [5, 5.41) is 15.5. The van der Waals surface area contributed by atoms with Crippen LogP contribution in [0.2, 0.25) is 0 Å². The molecule has 2 aliphatic heterocycles. The Bertz CT molecular complexity index is 1210. The van der Waals surface area contributed by atoms with Crippen molar-refractivity contribution in [1.29, 1.82) is 0 Å². The van der Waals surface area contributed by atoms with Gasteiger partial charge < -0.3 is 24.3 Å². The highest BCUT2D eigenvalue weighted by molar-refractivity contribution is 5.94. The lowest BCUT2D eigenvalue weighted by Gasteiger charge is -2.34. The van der Waals surface area contributed by atoms with Gasteiger partial charge in [0.25, 0.3) is 5.91 Å². The maximum absolute atomic E-state index is 12.4. The molecule has 1 N–H and O–H groups in total. The van der Waals surface area contributed by atoms with Crippen LogP contribution < -0.4 is 19.5 Å². The van der Waals surface area contributed by atoms with E-state index in [2.05, 4.69) is 25.7 Å². The molecule has 3 aromatic rings. The molecule has 35 heavy (non-hydrogen) atoms. The molecule has 0 aliphatic carbocycles. The van der Waals surface area contributed by atoms with E-state index in [9.17, 15) is 4.79 Å². The molecule has 11 nitrogen and oxygen atoms in total. The van der Waals surface area contributed by atoms with Crippen molar-refractivity contribution in [2.75, 3.05) is 47.8 Å². The number of nitrogens with zero attached hydrogens (tertiary/aromatic N) is 5. The topological polar surface area (TPSA) is 113 Å². The van der Waals surface area contributed by atoms with Gasteiger partial charge in [-0.05, 0) is 66.2 Å². The Hall–Kier alpha value is -3.70. The molecule has 0 unspecified atom stereocenters. The molecule has 1 amide bonds. The van der Waals surface area contributed by atoms with Gasteiger partial charge in [-0.15, -0.1) is 5.10 Å². The highest BCUT2D eigenvalue weighted by Gasteiger charge is 2.37. The Labute approximate surface area is 202 Å². The van der Waals surface area contributed by atoms with E-state index in [0.29, 0.717) is 41.8 Å². The molecular formula is C24H28N6O5. The van der Waals surface area contributed by atoms with Gasteiger partial charge in [-0.2, -0.15) is 4.68 Å². The summed E-state index contributed by atoms with van der Waals surface area (Å²) in [4.78, 5) is 14.6. The minimum Gasteiger partial charge on any atom is -0.492 e. The van der Waals surface area contributed by atoms with Gasteiger partial charge >= 0.3 is 0 Å². The zero-order chi connectivity index (χ0) is 24.4. The number of nitrogens with one attached hydrogen (secondary N) is 1. The fraction of sp³-hybridized carbons (Fsp3) is 0.417. The molecule has 5 rings (SSSR count). The number of rotatable bonds is 8. The van der Waals surface area contributed by atoms with Gasteiger partial charge in [0.1, 0.15) is 6.04 Å². The van der Waals surface area contributed by atoms with Crippen molar-refractivity contribution in [3.8, 4) is 22.9 Å². The Morgan fingerprint density at radius 2 is 2.06 bits per heavy atom. The van der Waals surface area contributed by atoms with E-state index in [4.69, 9.17) is 18.9 Å². The third-order valence-corrected chi connectivity index (χ3v) is 6.32. The van der Waals surface area contributed by atoms with Crippen molar-refractivity contribution < 1.29 is 23.7 Å². The molecule has 2 aliphatic rings. The molecule has 184 valence electrons. The second-order valence-electron chi connectivity index (χ2n) is 8.45. The van der Waals surface area contributed by atoms with E-state index >= 15 is 0 Å². The van der Waals surface area contributed by atoms with Crippen molar-refractivity contribution in [1.82, 2.24) is 30.4 Å². The summed E-state index contributed by atoms with van der Waals surface area (Å²) in [5.41, 5.74) is 3.40. The second-order valence-corrected chi connectivity index (χ2v) is 8.45. The maximum atomic E-state index is 12.4. The van der Waals surface area contributed by atoms with Gasteiger partial charge in [0.15, 0.2) is 17.3 Å². The van der Waals surface area contributed by atoms with E-state index < -0.39 is 0 Å². The summed E-state index contributed by atoms with van der Waals surface area (Å²) >= 11 is 0. The largest absolute Gasteiger partial charge is 0.492 e. The third kappa shape index (κ3) is 4.28. The Kier molecular flexibility index (Phi) is 6.51. The van der Waals surface area contributed by atoms with Crippen LogP contribution in [0.1, 0.15) is 39.8 Å². The lowest BCUT2D eigenvalue weighted by molar-refractivity contribution is 0.0948. The number of benzene rings is 2. The molecular weight excluding hydrogens is 452 g/mol. The predicted molar refractivity (Wildman–Crippen MR) is 125 cm³/mol. The van der Waals surface area contributed by atoms with Crippen LogP contribution in [0.25, 0.3) is 5.69 Å². The molecule has 1 atom stereocenters. The Morgan fingerprint density at radius 3 is 2.83 bits per heavy atom. The van der Waals surface area contributed by atoms with Crippen LogP contribution in [-0.4, -0.2) is 78.8 Å². The lowest BCUT2D eigenvalue weighted by Crippen LogP contribution is -2.35. The highest BCUT2D eigenvalue weighted by atomic mass is 16.7. The molecule has 0 fully saturated rings. The number of hydrogen-bond donors (Lipinski definition) is 1. The molecule has 1 aromatic heterocycles. The van der Waals surface area contributed by atoms with Crippen LogP contribution in [0.15, 0.2) is 30.3 Å². The van der Waals surface area contributed by atoms with E-state index in [1.54, 1.807) is 31.0 Å². The van der Waals surface area contributed by atoms with Crippen molar-refractivity contribution >= 4 is 5.91 Å². The number of amides is 1. The van der Waals surface area contributed by atoms with Gasteiger partial charge in [0.2, 0.25) is 12.5 Å². The zero-order valence-electron chi connectivity index (χ0n) is 20.0. The van der Waals surface area contributed by atoms with E-state index in [1.165, 1.54) is 0 Å². The summed E-state index contributed by atoms with van der Waals surface area (Å²) in [5.74, 6) is 2.45. The summed E-state index contributed by atoms with van der Waals surface area (Å²) in [6.07, 6.45) is 1.60. The first-order chi connectivity index (χ1) is 17.1. The Balaban J connectivity index is 1.46. The third-order valence-electron chi connectivity index (χ3n) is 6.32. The van der Waals surface area contributed by atoms with Gasteiger partial charge in [-0.25, -0.2) is 0 Å². The SMILES string of the molecule is COCCCNC(=O)c1ccc(-n2nnnc2[C@H]2c3c(cc4c(c3OC)OCO4)CCN2C)cc1. The lowest BCUT2D eigenvalue weighted by atomic mass is 9.90. The number of methoxy groups -OCH3 is 2. The molecule has 0 bridgehead atoms. The van der Waals surface area contributed by atoms with Gasteiger partial charge in [-0.3, -0.25) is 9.69 Å². The second kappa shape index (κ2) is 9.88. The van der Waals surface area contributed by atoms with Crippen molar-refractivity contribution in [2.24, 2.45) is 0 Å². The number of hydrogen-bond acceptors (Lipinski definition) is 9. The quantitative estimate of drug-likeness (QED) is 0.482. The fourth-order valence-corrected chi connectivity index (χ4v) is 4.58. The van der Waals surface area contributed by atoms with E-state index in [1.807, 2.05) is 25.2 Å². The van der Waals surface area contributed by atoms with Crippen LogP contribution in [0, 0.1) is 0 Å². The molecule has 0 radical (unpaired) electrons. The zero-order valence-corrected chi connectivity index (χ0v) is 20.0. The van der Waals surface area contributed by atoms with Gasteiger partial charge in [0.05, 0.1) is 12.8 Å². The molecule has 3 heterocycles. The monoisotopic (exact) mass is 480 g/mol. The number of carbonyl (C=O) groups is 1. The van der Waals surface area contributed by atoms with Crippen LogP contribution in [0.3, 0.4) is 0 Å². The van der Waals surface area contributed by atoms with Crippen LogP contribution in [0.5, 0.6) is 17.2 Å². The summed E-state index contributed by atoms with van der Waals surface area (Å²) in [6.45, 7) is 2.14. The summed E-state index contributed by atoms with van der Waals surface area (Å²) < 4.78 is 23.8. The molecule has 2 aromatic carbocycles. The number of carbonyl (C=O) groups excluding carboxylic acids is 1. The van der Waals surface area contributed by atoms with Crippen molar-refractivity contribution in [3.63, 3.8) is 0 Å². The molecule has 11 heteroatoms. The predicted octanol–water partition coefficient (Wildman–Crippen LogP) is 1.74. The number of fused-ring (bicyclic) bond motifs is 2. The number of likely N-dealkylation sites (N-methyl/N-ethyl adjacent to an activating group) is 1. The molecule has 0 saturated carbocycles. The fourth-order valence-electron chi connectivity index (χ4n) is 4.58. The summed E-state index contributed by atoms with van der Waals surface area (Å²) in [7, 11) is 5.31. The summed E-state index contributed by atoms with van der Waals surface area (Å²) in [6, 6.07) is 8.97. The number of ether oxygens (including phenoxy) is 4. The first kappa shape index (κ1) is 23.1. The van der Waals surface area contributed by atoms with Gasteiger partial charge in [-0.1, -0.05) is 0 Å². The van der Waals surface area contributed by atoms with Crippen molar-refractivity contribution in [3.05, 3.63) is 52.8 Å². The molecule has 0 saturated heterocycles. The van der Waals surface area contributed by atoms with Crippen LogP contribution >= 0.6 is 0 Å². The number of aromatic nitrogens is 4. The van der Waals surface area contributed by atoms with Gasteiger partial charge in [0, 0.05) is 37.9 Å². The van der Waals surface area contributed by atoms with Crippen molar-refractivity contribution in [2.45, 2.75) is 18.9 Å². The first-order valence-corrected chi connectivity index (χ1v) is 11.5. The van der Waals surface area contributed by atoms with E-state index in [0.717, 1.165) is 36.2 Å². The van der Waals surface area contributed by atoms with Crippen LogP contribution in [0.4, 0.5) is 0 Å². The average Bonchev–Trinajstić information content (AvgIpc) is 3.55. The van der Waals surface area contributed by atoms with E-state index in [-0.39, 0.29) is 18.7 Å². The minimum atomic E-state index is -0.262. The standard InChI is InChI=1S/C24H28N6O5/c1-29-11-9-16-13-18-21(35-14-34-18)22(33-3)19(16)20(29)23-26-27-28-30(23)17-7-5-15(6-8-17)24(31)25-10-4-12-32-2/h5-8,13,20H,4,9-12,14H2,1-3H3,(H,25,31)/t20-/m1/s1. The maximum Gasteiger partial charge on any atom is 0.251 e. The minimum absolute atomic E-state index is 0.133. The molecule has 0 spiro atoms. The normalized spacial score (nSPS) is 16.7. The average molecular weight is 481 g/mol. The highest BCUT2D eigenvalue weighted by Crippen LogP contribution is 2.50. The Morgan fingerprint density at radius 1 is 1.23 bits per heavy atom. The number of tetrazole rings is 1.